The topological polar surface area (TPSA) is 96.9 Å². The quantitative estimate of drug-likeness (QED) is 0.774. The van der Waals surface area contributed by atoms with Crippen molar-refractivity contribution < 1.29 is 24.2 Å². The molecule has 3 N–H and O–H groups in total. The second-order valence-electron chi connectivity index (χ2n) is 7.19. The zero-order chi connectivity index (χ0) is 18.4. The van der Waals surface area contributed by atoms with Crippen LogP contribution in [0.3, 0.4) is 0 Å². The van der Waals surface area contributed by atoms with Crippen LogP contribution in [0.2, 0.25) is 0 Å². The molecule has 0 saturated heterocycles. The van der Waals surface area contributed by atoms with E-state index in [9.17, 15) is 14.7 Å². The van der Waals surface area contributed by atoms with Gasteiger partial charge in [-0.25, -0.2) is 9.59 Å². The van der Waals surface area contributed by atoms with Crippen molar-refractivity contribution in [3.63, 3.8) is 0 Å². The Morgan fingerprint density at radius 3 is 2.44 bits per heavy atom. The summed E-state index contributed by atoms with van der Waals surface area (Å²) in [6, 6.07) is 8.61. The number of hydrogen-bond donors (Lipinski definition) is 3. The Hall–Kier alpha value is -2.28. The molecule has 138 valence electrons. The van der Waals surface area contributed by atoms with Gasteiger partial charge >= 0.3 is 12.2 Å². The van der Waals surface area contributed by atoms with Crippen molar-refractivity contribution in [2.75, 3.05) is 0 Å². The second kappa shape index (κ2) is 8.20. The van der Waals surface area contributed by atoms with Crippen molar-refractivity contribution >= 4 is 12.2 Å². The third-order valence-electron chi connectivity index (χ3n) is 3.77. The lowest BCUT2D eigenvalue weighted by Crippen LogP contribution is -2.41. The highest BCUT2D eigenvalue weighted by atomic mass is 16.6. The first-order valence-electron chi connectivity index (χ1n) is 8.38. The average Bonchev–Trinajstić information content (AvgIpc) is 2.83. The van der Waals surface area contributed by atoms with Crippen molar-refractivity contribution in [3.05, 3.63) is 35.9 Å². The van der Waals surface area contributed by atoms with E-state index in [0.29, 0.717) is 12.8 Å². The minimum absolute atomic E-state index is 0.162. The Bertz CT molecular complexity index is 585. The summed E-state index contributed by atoms with van der Waals surface area (Å²) in [6.07, 6.45) is -1.10. The molecule has 0 heterocycles. The number of alkyl carbamates (subject to hydrolysis) is 2. The number of aliphatic hydroxyl groups is 1. The summed E-state index contributed by atoms with van der Waals surface area (Å²) in [4.78, 5) is 23.7. The standard InChI is InChI=1S/C18H26N2O5/c1-18(2,3)25-17(23)19-13-9-14(15(21)10-13)20-16(22)24-11-12-7-5-4-6-8-12/h4-8,13-15,21H,9-11H2,1-3H3,(H,19,23)(H,20,22)/t13-,14-,15?/m1/s1. The number of nitrogens with one attached hydrogen (secondary N) is 2. The summed E-state index contributed by atoms with van der Waals surface area (Å²) in [7, 11) is 0. The van der Waals surface area contributed by atoms with Gasteiger partial charge in [-0.15, -0.1) is 0 Å². The summed E-state index contributed by atoms with van der Waals surface area (Å²) in [5.74, 6) is 0. The molecule has 1 aliphatic rings. The molecule has 1 fully saturated rings. The van der Waals surface area contributed by atoms with E-state index in [1.807, 2.05) is 30.3 Å². The molecule has 25 heavy (non-hydrogen) atoms. The lowest BCUT2D eigenvalue weighted by atomic mass is 10.2. The van der Waals surface area contributed by atoms with Gasteiger partial charge in [-0.05, 0) is 39.2 Å². The van der Waals surface area contributed by atoms with Gasteiger partial charge in [-0.3, -0.25) is 0 Å². The Morgan fingerprint density at radius 2 is 1.80 bits per heavy atom. The Kier molecular flexibility index (Phi) is 6.25. The maximum atomic E-state index is 11.9. The molecule has 0 aromatic heterocycles. The number of aliphatic hydroxyl groups excluding tert-OH is 1. The lowest BCUT2D eigenvalue weighted by Gasteiger charge is -2.21. The molecule has 0 aliphatic heterocycles. The smallest absolute Gasteiger partial charge is 0.407 e. The SMILES string of the molecule is CC(C)(C)OC(=O)N[C@H]1CC(O)[C@H](NC(=O)OCc2ccccc2)C1. The number of carbonyl (C=O) groups is 2. The van der Waals surface area contributed by atoms with Gasteiger partial charge in [-0.1, -0.05) is 30.3 Å². The van der Waals surface area contributed by atoms with E-state index >= 15 is 0 Å². The van der Waals surface area contributed by atoms with Gasteiger partial charge in [0.05, 0.1) is 12.1 Å². The first-order valence-corrected chi connectivity index (χ1v) is 8.38. The highest BCUT2D eigenvalue weighted by Gasteiger charge is 2.35. The molecule has 0 bridgehead atoms. The van der Waals surface area contributed by atoms with Crippen molar-refractivity contribution in [1.82, 2.24) is 10.6 Å². The number of benzene rings is 1. The van der Waals surface area contributed by atoms with Gasteiger partial charge in [0, 0.05) is 6.04 Å². The molecule has 1 aromatic carbocycles. The van der Waals surface area contributed by atoms with Crippen molar-refractivity contribution in [1.29, 1.82) is 0 Å². The number of amides is 2. The van der Waals surface area contributed by atoms with Crippen LogP contribution in [0.1, 0.15) is 39.2 Å². The number of rotatable bonds is 4. The molecule has 2 amide bonds. The van der Waals surface area contributed by atoms with Gasteiger partial charge in [0.1, 0.15) is 12.2 Å². The maximum absolute atomic E-state index is 11.9. The Labute approximate surface area is 147 Å². The molecule has 2 rings (SSSR count). The van der Waals surface area contributed by atoms with Crippen LogP contribution in [0.15, 0.2) is 30.3 Å². The highest BCUT2D eigenvalue weighted by Crippen LogP contribution is 2.21. The molecule has 1 saturated carbocycles. The monoisotopic (exact) mass is 350 g/mol. The van der Waals surface area contributed by atoms with Gasteiger partial charge < -0.3 is 25.2 Å². The van der Waals surface area contributed by atoms with Gasteiger partial charge in [-0.2, -0.15) is 0 Å². The summed E-state index contributed by atoms with van der Waals surface area (Å²) >= 11 is 0. The van der Waals surface area contributed by atoms with Crippen LogP contribution in [-0.4, -0.2) is 41.1 Å². The predicted molar refractivity (Wildman–Crippen MR) is 91.9 cm³/mol. The van der Waals surface area contributed by atoms with Gasteiger partial charge in [0.25, 0.3) is 0 Å². The van der Waals surface area contributed by atoms with Crippen molar-refractivity contribution in [2.24, 2.45) is 0 Å². The number of hydrogen-bond acceptors (Lipinski definition) is 5. The van der Waals surface area contributed by atoms with Crippen LogP contribution in [0, 0.1) is 0 Å². The minimum atomic E-state index is -0.746. The summed E-state index contributed by atoms with van der Waals surface area (Å²) in [6.45, 7) is 5.50. The fraction of sp³-hybridized carbons (Fsp3) is 0.556. The van der Waals surface area contributed by atoms with Crippen LogP contribution in [0.25, 0.3) is 0 Å². The molecular weight excluding hydrogens is 324 g/mol. The van der Waals surface area contributed by atoms with E-state index < -0.39 is 29.9 Å². The molecule has 1 aromatic rings. The maximum Gasteiger partial charge on any atom is 0.407 e. The average molecular weight is 350 g/mol. The zero-order valence-electron chi connectivity index (χ0n) is 14.8. The van der Waals surface area contributed by atoms with Gasteiger partial charge in [0.2, 0.25) is 0 Å². The first kappa shape index (κ1) is 19.1. The van der Waals surface area contributed by atoms with E-state index in [-0.39, 0.29) is 12.6 Å². The molecule has 1 aliphatic carbocycles. The number of carbonyl (C=O) groups excluding carboxylic acids is 2. The first-order chi connectivity index (χ1) is 11.7. The highest BCUT2D eigenvalue weighted by molar-refractivity contribution is 5.69. The number of ether oxygens (including phenoxy) is 2. The normalized spacial score (nSPS) is 23.0. The van der Waals surface area contributed by atoms with Crippen LogP contribution in [0.5, 0.6) is 0 Å². The summed E-state index contributed by atoms with van der Waals surface area (Å²) in [5, 5.41) is 15.4. The largest absolute Gasteiger partial charge is 0.445 e. The van der Waals surface area contributed by atoms with Gasteiger partial charge in [0.15, 0.2) is 0 Å². The zero-order valence-corrected chi connectivity index (χ0v) is 14.8. The lowest BCUT2D eigenvalue weighted by molar-refractivity contribution is 0.0502. The van der Waals surface area contributed by atoms with Crippen molar-refractivity contribution in [2.45, 2.75) is 64.0 Å². The summed E-state index contributed by atoms with van der Waals surface area (Å²) < 4.78 is 10.3. The van der Waals surface area contributed by atoms with E-state index in [0.717, 1.165) is 5.56 Å². The Balaban J connectivity index is 1.75. The van der Waals surface area contributed by atoms with E-state index in [2.05, 4.69) is 10.6 Å². The molecule has 0 spiro atoms. The third-order valence-corrected chi connectivity index (χ3v) is 3.77. The molecule has 1 unspecified atom stereocenters. The predicted octanol–water partition coefficient (Wildman–Crippen LogP) is 2.33. The van der Waals surface area contributed by atoms with Crippen LogP contribution in [0.4, 0.5) is 9.59 Å². The Morgan fingerprint density at radius 1 is 1.12 bits per heavy atom. The van der Waals surface area contributed by atoms with Crippen LogP contribution >= 0.6 is 0 Å². The molecule has 0 radical (unpaired) electrons. The minimum Gasteiger partial charge on any atom is -0.445 e. The molecule has 7 nitrogen and oxygen atoms in total. The van der Waals surface area contributed by atoms with E-state index in [4.69, 9.17) is 9.47 Å². The second-order valence-corrected chi connectivity index (χ2v) is 7.19. The van der Waals surface area contributed by atoms with Crippen LogP contribution in [-0.2, 0) is 16.1 Å². The van der Waals surface area contributed by atoms with Crippen molar-refractivity contribution in [3.8, 4) is 0 Å². The van der Waals surface area contributed by atoms with E-state index in [1.165, 1.54) is 0 Å². The molecule has 7 heteroatoms. The molecule has 3 atom stereocenters. The third kappa shape index (κ3) is 6.62. The molecular formula is C18H26N2O5. The fourth-order valence-electron chi connectivity index (χ4n) is 2.68. The summed E-state index contributed by atoms with van der Waals surface area (Å²) in [5.41, 5.74) is 0.300. The fourth-order valence-corrected chi connectivity index (χ4v) is 2.68. The van der Waals surface area contributed by atoms with Crippen LogP contribution < -0.4 is 10.6 Å². The van der Waals surface area contributed by atoms with E-state index in [1.54, 1.807) is 20.8 Å².